The van der Waals surface area contributed by atoms with Crippen molar-refractivity contribution >= 4 is 40.7 Å². The average Bonchev–Trinajstić information content (AvgIpc) is 3.01. The Morgan fingerprint density at radius 1 is 1.09 bits per heavy atom. The van der Waals surface area contributed by atoms with E-state index in [1.807, 2.05) is 44.2 Å². The Kier molecular flexibility index (Phi) is 6.80. The zero-order chi connectivity index (χ0) is 24.3. The van der Waals surface area contributed by atoms with Crippen LogP contribution in [0, 0.1) is 11.3 Å². The third-order valence-electron chi connectivity index (χ3n) is 6.31. The maximum atomic E-state index is 13.7. The molecule has 1 aliphatic heterocycles. The quantitative estimate of drug-likeness (QED) is 0.456. The number of carbonyl (C=O) groups excluding carboxylic acids is 3. The summed E-state index contributed by atoms with van der Waals surface area (Å²) in [7, 11) is 0. The molecular weight excluding hydrogens is 450 g/mol. The summed E-state index contributed by atoms with van der Waals surface area (Å²) in [6, 6.07) is 19.6. The molecule has 1 saturated heterocycles. The third kappa shape index (κ3) is 4.46. The topological polar surface area (TPSA) is 79.4 Å². The maximum Gasteiger partial charge on any atom is 0.274 e. The molecular formula is C27H26ClN3O3. The summed E-state index contributed by atoms with van der Waals surface area (Å²) in [6.45, 7) is 3.88. The molecule has 0 saturated carbocycles. The van der Waals surface area contributed by atoms with E-state index in [0.29, 0.717) is 24.2 Å². The van der Waals surface area contributed by atoms with Crippen molar-refractivity contribution in [3.8, 4) is 0 Å². The van der Waals surface area contributed by atoms with Crippen LogP contribution in [0.15, 0.2) is 72.9 Å². The fraction of sp³-hybridized carbons (Fsp3) is 0.259. The molecule has 7 heteroatoms. The zero-order valence-electron chi connectivity index (χ0n) is 19.1. The van der Waals surface area contributed by atoms with Gasteiger partial charge in [-0.1, -0.05) is 61.3 Å². The first-order chi connectivity index (χ1) is 16.3. The van der Waals surface area contributed by atoms with Crippen molar-refractivity contribution in [1.29, 1.82) is 0 Å². The molecule has 1 aromatic heterocycles. The molecule has 34 heavy (non-hydrogen) atoms. The van der Waals surface area contributed by atoms with E-state index in [4.69, 9.17) is 11.6 Å². The van der Waals surface area contributed by atoms with Gasteiger partial charge in [0.1, 0.15) is 5.69 Å². The standard InChI is InChI=1S/C27H26ClN3O3/c1-3-9-20-25(33)31(26(34)27(20,2)17-18-10-5-4-6-11-18)23-14-13-19(16-21(23)28)30-24(32)22-12-7-8-15-29-22/h4-8,10-16,20H,3,9,17H2,1-2H3,(H,30,32). The predicted molar refractivity (Wildman–Crippen MR) is 133 cm³/mol. The van der Waals surface area contributed by atoms with Crippen LogP contribution < -0.4 is 10.2 Å². The Balaban J connectivity index is 1.62. The minimum Gasteiger partial charge on any atom is -0.321 e. The van der Waals surface area contributed by atoms with Gasteiger partial charge in [-0.2, -0.15) is 0 Å². The van der Waals surface area contributed by atoms with Gasteiger partial charge in [0.15, 0.2) is 0 Å². The molecule has 2 aromatic carbocycles. The number of hydrogen-bond donors (Lipinski definition) is 1. The highest BCUT2D eigenvalue weighted by Crippen LogP contribution is 2.46. The number of nitrogens with zero attached hydrogens (tertiary/aromatic N) is 2. The molecule has 6 nitrogen and oxygen atoms in total. The first-order valence-electron chi connectivity index (χ1n) is 11.3. The van der Waals surface area contributed by atoms with Gasteiger partial charge >= 0.3 is 0 Å². The predicted octanol–water partition coefficient (Wildman–Crippen LogP) is 5.53. The first kappa shape index (κ1) is 23.6. The van der Waals surface area contributed by atoms with Gasteiger partial charge in [0, 0.05) is 11.9 Å². The molecule has 3 amide bonds. The summed E-state index contributed by atoms with van der Waals surface area (Å²) in [4.78, 5) is 44.8. The molecule has 1 fully saturated rings. The molecule has 0 spiro atoms. The highest BCUT2D eigenvalue weighted by molar-refractivity contribution is 6.36. The Morgan fingerprint density at radius 3 is 2.47 bits per heavy atom. The normalized spacial score (nSPS) is 20.0. The van der Waals surface area contributed by atoms with Crippen LogP contribution in [-0.4, -0.2) is 22.7 Å². The number of benzene rings is 2. The van der Waals surface area contributed by atoms with E-state index < -0.39 is 11.3 Å². The number of pyridine rings is 1. The van der Waals surface area contributed by atoms with Crippen LogP contribution in [0.1, 0.15) is 42.7 Å². The molecule has 2 atom stereocenters. The Hall–Kier alpha value is -3.51. The lowest BCUT2D eigenvalue weighted by Gasteiger charge is -2.27. The summed E-state index contributed by atoms with van der Waals surface area (Å²) in [5, 5.41) is 2.95. The van der Waals surface area contributed by atoms with Crippen molar-refractivity contribution in [2.45, 2.75) is 33.1 Å². The third-order valence-corrected chi connectivity index (χ3v) is 6.62. The van der Waals surface area contributed by atoms with Crippen molar-refractivity contribution in [2.24, 2.45) is 11.3 Å². The Morgan fingerprint density at radius 2 is 1.82 bits per heavy atom. The van der Waals surface area contributed by atoms with Gasteiger partial charge in [-0.05, 0) is 55.7 Å². The molecule has 0 radical (unpaired) electrons. The molecule has 3 aromatic rings. The van der Waals surface area contributed by atoms with Crippen LogP contribution in [0.5, 0.6) is 0 Å². The van der Waals surface area contributed by atoms with Crippen molar-refractivity contribution in [1.82, 2.24) is 4.98 Å². The second-order valence-electron chi connectivity index (χ2n) is 8.74. The lowest BCUT2D eigenvalue weighted by atomic mass is 9.72. The van der Waals surface area contributed by atoms with Gasteiger partial charge in [-0.3, -0.25) is 19.4 Å². The van der Waals surface area contributed by atoms with E-state index in [1.54, 1.807) is 36.4 Å². The van der Waals surface area contributed by atoms with Crippen LogP contribution in [0.3, 0.4) is 0 Å². The van der Waals surface area contributed by atoms with Crippen molar-refractivity contribution in [3.05, 3.63) is 89.2 Å². The van der Waals surface area contributed by atoms with E-state index in [9.17, 15) is 14.4 Å². The van der Waals surface area contributed by atoms with Crippen LogP contribution in [-0.2, 0) is 16.0 Å². The summed E-state index contributed by atoms with van der Waals surface area (Å²) in [5.41, 5.74) is 1.18. The van der Waals surface area contributed by atoms with Crippen LogP contribution in [0.2, 0.25) is 5.02 Å². The Bertz CT molecular complexity index is 1220. The Labute approximate surface area is 204 Å². The minimum atomic E-state index is -0.871. The number of imide groups is 1. The van der Waals surface area contributed by atoms with Crippen molar-refractivity contribution in [2.75, 3.05) is 10.2 Å². The lowest BCUT2D eigenvalue weighted by Crippen LogP contribution is -2.36. The van der Waals surface area contributed by atoms with Crippen molar-refractivity contribution in [3.63, 3.8) is 0 Å². The van der Waals surface area contributed by atoms with Gasteiger partial charge < -0.3 is 5.32 Å². The molecule has 4 rings (SSSR count). The number of carbonyl (C=O) groups is 3. The van der Waals surface area contributed by atoms with E-state index in [2.05, 4.69) is 10.3 Å². The van der Waals surface area contributed by atoms with Gasteiger partial charge in [0.25, 0.3) is 5.91 Å². The summed E-state index contributed by atoms with van der Waals surface area (Å²) >= 11 is 6.53. The largest absolute Gasteiger partial charge is 0.321 e. The number of anilines is 2. The SMILES string of the molecule is CCCC1C(=O)N(c2ccc(NC(=O)c3ccccn3)cc2Cl)C(=O)C1(C)Cc1ccccc1. The zero-order valence-corrected chi connectivity index (χ0v) is 19.9. The second-order valence-corrected chi connectivity index (χ2v) is 9.14. The molecule has 0 aliphatic carbocycles. The van der Waals surface area contributed by atoms with E-state index in [0.717, 1.165) is 12.0 Å². The van der Waals surface area contributed by atoms with E-state index in [-0.39, 0.29) is 28.4 Å². The smallest absolute Gasteiger partial charge is 0.274 e. The number of amides is 3. The number of rotatable bonds is 7. The maximum absolute atomic E-state index is 13.7. The average molecular weight is 476 g/mol. The molecule has 0 bridgehead atoms. The molecule has 2 unspecified atom stereocenters. The van der Waals surface area contributed by atoms with Gasteiger partial charge in [-0.25, -0.2) is 4.90 Å². The van der Waals surface area contributed by atoms with Crippen LogP contribution >= 0.6 is 11.6 Å². The van der Waals surface area contributed by atoms with E-state index >= 15 is 0 Å². The summed E-state index contributed by atoms with van der Waals surface area (Å²) in [6.07, 6.45) is 3.40. The number of hydrogen-bond acceptors (Lipinski definition) is 4. The first-order valence-corrected chi connectivity index (χ1v) is 11.7. The van der Waals surface area contributed by atoms with Gasteiger partial charge in [-0.15, -0.1) is 0 Å². The highest BCUT2D eigenvalue weighted by Gasteiger charge is 2.56. The highest BCUT2D eigenvalue weighted by atomic mass is 35.5. The molecule has 174 valence electrons. The molecule has 1 aliphatic rings. The van der Waals surface area contributed by atoms with Crippen LogP contribution in [0.4, 0.5) is 11.4 Å². The fourth-order valence-corrected chi connectivity index (χ4v) is 4.83. The van der Waals surface area contributed by atoms with E-state index in [1.165, 1.54) is 11.1 Å². The number of nitrogens with one attached hydrogen (secondary N) is 1. The van der Waals surface area contributed by atoms with Crippen LogP contribution in [0.25, 0.3) is 0 Å². The minimum absolute atomic E-state index is 0.208. The summed E-state index contributed by atoms with van der Waals surface area (Å²) in [5.74, 6) is -1.31. The molecule has 2 heterocycles. The number of halogens is 1. The monoisotopic (exact) mass is 475 g/mol. The summed E-state index contributed by atoms with van der Waals surface area (Å²) < 4.78 is 0. The fourth-order valence-electron chi connectivity index (χ4n) is 4.57. The molecule has 1 N–H and O–H groups in total. The van der Waals surface area contributed by atoms with Gasteiger partial charge in [0.2, 0.25) is 11.8 Å². The number of aromatic nitrogens is 1. The second kappa shape index (κ2) is 9.77. The van der Waals surface area contributed by atoms with Gasteiger partial charge in [0.05, 0.1) is 22.0 Å². The lowest BCUT2D eigenvalue weighted by molar-refractivity contribution is -0.126. The van der Waals surface area contributed by atoms with Crippen molar-refractivity contribution < 1.29 is 14.4 Å².